The molecule has 0 fully saturated rings. The summed E-state index contributed by atoms with van der Waals surface area (Å²) in [6, 6.07) is 18.0. The highest BCUT2D eigenvalue weighted by Gasteiger charge is 2.95. The average Bonchev–Trinajstić information content (AvgIpc) is 3.16. The molecule has 0 aliphatic carbocycles. The molecule has 0 spiro atoms. The molecule has 334 valence electrons. The van der Waals surface area contributed by atoms with Crippen LogP contribution >= 0.6 is 0 Å². The van der Waals surface area contributed by atoms with Crippen LogP contribution < -0.4 is 14.2 Å². The lowest BCUT2D eigenvalue weighted by molar-refractivity contribution is -0.461. The van der Waals surface area contributed by atoms with Crippen molar-refractivity contribution in [3.8, 4) is 28.4 Å². The summed E-state index contributed by atoms with van der Waals surface area (Å²) in [6.07, 6.45) is -9.64. The van der Waals surface area contributed by atoms with Gasteiger partial charge in [-0.05, 0) is 73.0 Å². The van der Waals surface area contributed by atoms with Crippen molar-refractivity contribution < 1.29 is 103 Å². The molecule has 23 heteroatoms. The van der Waals surface area contributed by atoms with Gasteiger partial charge in [0.05, 0.1) is 25.2 Å². The minimum Gasteiger partial charge on any atom is -0.494 e. The molecule has 3 aromatic carbocycles. The standard InChI is InChI=1S/C37H31F17O6/c1-3-4-5-19-57-25-12-10-23(11-13-25)22-6-8-24(9-7-22)29(56)60-27-16-14-26(15-17-27)59-21(2)28(55)58-20-18-30(38,39)31(40,41)32(42,43)33(44,45)34(46,47)35(48,49)36(50,51)37(52,53)54/h6-17,21H,3-5,18-20H2,1-2H3/t21-/m0/s1. The number of benzene rings is 3. The maximum absolute atomic E-state index is 14.1. The third-order valence-electron chi connectivity index (χ3n) is 8.45. The Hall–Kier alpha value is -4.99. The molecule has 0 heterocycles. The van der Waals surface area contributed by atoms with E-state index in [-0.39, 0.29) is 17.1 Å². The van der Waals surface area contributed by atoms with Crippen molar-refractivity contribution in [3.05, 3.63) is 78.4 Å². The first-order valence-electron chi connectivity index (χ1n) is 17.1. The van der Waals surface area contributed by atoms with Gasteiger partial charge >= 0.3 is 59.6 Å². The van der Waals surface area contributed by atoms with E-state index in [1.807, 2.05) is 12.1 Å². The van der Waals surface area contributed by atoms with Crippen molar-refractivity contribution in [3.63, 3.8) is 0 Å². The van der Waals surface area contributed by atoms with E-state index in [1.165, 1.54) is 12.1 Å². The van der Waals surface area contributed by atoms with Crippen LogP contribution in [0.5, 0.6) is 17.2 Å². The predicted octanol–water partition coefficient (Wildman–Crippen LogP) is 11.9. The number of carbonyl (C=O) groups is 2. The number of ether oxygens (including phenoxy) is 4. The molecule has 0 aliphatic heterocycles. The molecule has 0 radical (unpaired) electrons. The molecule has 0 saturated carbocycles. The maximum atomic E-state index is 14.1. The lowest BCUT2D eigenvalue weighted by Crippen LogP contribution is -2.74. The SMILES string of the molecule is CCCCCOc1ccc(-c2ccc(C(=O)Oc3ccc(O[C@@H](C)C(=O)OCCC(F)(F)C(F)(F)C(F)(F)C(F)(F)C(F)(F)C(F)(F)C(F)(F)C(F)(F)F)cc3)cc2)cc1. The molecule has 3 aromatic rings. The summed E-state index contributed by atoms with van der Waals surface area (Å²) >= 11 is 0. The molecular weight excluding hydrogens is 863 g/mol. The Balaban J connectivity index is 1.57. The van der Waals surface area contributed by atoms with E-state index in [2.05, 4.69) is 11.7 Å². The van der Waals surface area contributed by atoms with Crippen LogP contribution in [0.1, 0.15) is 49.9 Å². The maximum Gasteiger partial charge on any atom is 0.460 e. The summed E-state index contributed by atoms with van der Waals surface area (Å²) in [5.74, 6) is -59.5. The van der Waals surface area contributed by atoms with Crippen LogP contribution in [0.4, 0.5) is 74.6 Å². The molecule has 0 unspecified atom stereocenters. The topological polar surface area (TPSA) is 71.1 Å². The molecular formula is C37H31F17O6. The van der Waals surface area contributed by atoms with Crippen LogP contribution in [0.2, 0.25) is 0 Å². The second kappa shape index (κ2) is 17.9. The molecule has 60 heavy (non-hydrogen) atoms. The van der Waals surface area contributed by atoms with E-state index in [9.17, 15) is 84.2 Å². The Morgan fingerprint density at radius 1 is 0.533 bits per heavy atom. The molecule has 1 atom stereocenters. The van der Waals surface area contributed by atoms with Gasteiger partial charge < -0.3 is 18.9 Å². The van der Waals surface area contributed by atoms with E-state index < -0.39 is 78.7 Å². The number of rotatable bonds is 20. The van der Waals surface area contributed by atoms with Gasteiger partial charge in [0.1, 0.15) is 17.2 Å². The smallest absolute Gasteiger partial charge is 0.460 e. The van der Waals surface area contributed by atoms with Gasteiger partial charge in [-0.2, -0.15) is 74.6 Å². The van der Waals surface area contributed by atoms with Crippen molar-refractivity contribution in [2.24, 2.45) is 0 Å². The van der Waals surface area contributed by atoms with Gasteiger partial charge in [-0.3, -0.25) is 0 Å². The van der Waals surface area contributed by atoms with Crippen molar-refractivity contribution in [1.29, 1.82) is 0 Å². The third-order valence-corrected chi connectivity index (χ3v) is 8.45. The van der Waals surface area contributed by atoms with Gasteiger partial charge in [0.25, 0.3) is 0 Å². The Morgan fingerprint density at radius 2 is 0.967 bits per heavy atom. The number of hydrogen-bond donors (Lipinski definition) is 0. The molecule has 0 saturated heterocycles. The van der Waals surface area contributed by atoms with E-state index in [4.69, 9.17) is 14.2 Å². The Kier molecular flexibility index (Phi) is 14.8. The summed E-state index contributed by atoms with van der Waals surface area (Å²) < 4.78 is 249. The fourth-order valence-electron chi connectivity index (χ4n) is 4.84. The van der Waals surface area contributed by atoms with Gasteiger partial charge in [-0.15, -0.1) is 0 Å². The van der Waals surface area contributed by atoms with Crippen LogP contribution in [0.3, 0.4) is 0 Å². The highest BCUT2D eigenvalue weighted by Crippen LogP contribution is 2.64. The van der Waals surface area contributed by atoms with E-state index in [1.54, 1.807) is 24.3 Å². The second-order valence-corrected chi connectivity index (χ2v) is 12.8. The van der Waals surface area contributed by atoms with Gasteiger partial charge in [-0.1, -0.05) is 44.0 Å². The van der Waals surface area contributed by atoms with Gasteiger partial charge in [-0.25, -0.2) is 9.59 Å². The number of esters is 2. The second-order valence-electron chi connectivity index (χ2n) is 12.8. The summed E-state index contributed by atoms with van der Waals surface area (Å²) in [6.45, 7) is 1.39. The summed E-state index contributed by atoms with van der Waals surface area (Å²) in [4.78, 5) is 24.8. The van der Waals surface area contributed by atoms with Crippen molar-refractivity contribution in [1.82, 2.24) is 0 Å². The van der Waals surface area contributed by atoms with Gasteiger partial charge in [0.15, 0.2) is 6.10 Å². The first-order chi connectivity index (χ1) is 27.4. The minimum absolute atomic E-state index is 0.0673. The zero-order chi connectivity index (χ0) is 45.8. The first-order valence-corrected chi connectivity index (χ1v) is 17.1. The molecule has 0 amide bonds. The summed E-state index contributed by atoms with van der Waals surface area (Å²) in [5, 5.41) is 0. The average molecular weight is 895 g/mol. The zero-order valence-corrected chi connectivity index (χ0v) is 30.6. The van der Waals surface area contributed by atoms with Crippen LogP contribution in [0.25, 0.3) is 11.1 Å². The number of hydrogen-bond acceptors (Lipinski definition) is 6. The van der Waals surface area contributed by atoms with E-state index in [0.717, 1.165) is 61.6 Å². The first kappa shape index (κ1) is 49.4. The normalized spacial score (nSPS) is 14.1. The monoisotopic (exact) mass is 894 g/mol. The third kappa shape index (κ3) is 9.79. The van der Waals surface area contributed by atoms with Gasteiger partial charge in [0, 0.05) is 0 Å². The summed E-state index contributed by atoms with van der Waals surface area (Å²) in [7, 11) is 0. The fourth-order valence-corrected chi connectivity index (χ4v) is 4.84. The number of unbranched alkanes of at least 4 members (excludes halogenated alkanes) is 2. The van der Waals surface area contributed by atoms with Crippen molar-refractivity contribution in [2.75, 3.05) is 13.2 Å². The van der Waals surface area contributed by atoms with E-state index >= 15 is 0 Å². The molecule has 0 N–H and O–H groups in total. The van der Waals surface area contributed by atoms with Crippen molar-refractivity contribution in [2.45, 2.75) is 93.3 Å². The molecule has 0 aliphatic rings. The zero-order valence-electron chi connectivity index (χ0n) is 30.6. The molecule has 6 nitrogen and oxygen atoms in total. The minimum atomic E-state index is -8.74. The largest absolute Gasteiger partial charge is 0.494 e. The number of halogens is 17. The molecule has 3 rings (SSSR count). The van der Waals surface area contributed by atoms with Crippen molar-refractivity contribution >= 4 is 11.9 Å². The molecule has 0 aromatic heterocycles. The van der Waals surface area contributed by atoms with Gasteiger partial charge in [0.2, 0.25) is 0 Å². The molecule has 0 bridgehead atoms. The quantitative estimate of drug-likeness (QED) is 0.0487. The lowest BCUT2D eigenvalue weighted by atomic mass is 9.88. The van der Waals surface area contributed by atoms with Crippen LogP contribution in [0.15, 0.2) is 72.8 Å². The summed E-state index contributed by atoms with van der Waals surface area (Å²) in [5.41, 5.74) is 1.74. The Morgan fingerprint density at radius 3 is 1.45 bits per heavy atom. The predicted molar refractivity (Wildman–Crippen MR) is 175 cm³/mol. The van der Waals surface area contributed by atoms with Crippen LogP contribution in [0, 0.1) is 0 Å². The Labute approximate surface area is 328 Å². The van der Waals surface area contributed by atoms with Crippen LogP contribution in [-0.4, -0.2) is 78.9 Å². The highest BCUT2D eigenvalue weighted by atomic mass is 19.4. The number of alkyl halides is 17. The van der Waals surface area contributed by atoms with E-state index in [0.29, 0.717) is 12.4 Å². The van der Waals surface area contributed by atoms with Crippen LogP contribution in [-0.2, 0) is 9.53 Å². The highest BCUT2D eigenvalue weighted by molar-refractivity contribution is 5.91. The number of carbonyl (C=O) groups excluding carboxylic acids is 2. The fraction of sp³-hybridized carbons (Fsp3) is 0.459. The lowest BCUT2D eigenvalue weighted by Gasteiger charge is -2.42. The Bertz CT molecular complexity index is 1900.